The maximum atomic E-state index is 5.14. The summed E-state index contributed by atoms with van der Waals surface area (Å²) in [5.74, 6) is 0. The molecule has 0 saturated carbocycles. The molecule has 0 amide bonds. The molecule has 0 aliphatic carbocycles. The Morgan fingerprint density at radius 1 is 1.21 bits per heavy atom. The van der Waals surface area contributed by atoms with Gasteiger partial charge < -0.3 is 15.0 Å². The van der Waals surface area contributed by atoms with E-state index in [1.54, 1.807) is 7.11 Å². The molecule has 0 aromatic rings. The molecule has 2 aliphatic rings. The van der Waals surface area contributed by atoms with Crippen molar-refractivity contribution in [1.82, 2.24) is 15.1 Å². The molecule has 2 unspecified atom stereocenters. The number of nitrogens with one attached hydrogen (secondary N) is 1. The van der Waals surface area contributed by atoms with Crippen LogP contribution in [-0.4, -0.2) is 74.9 Å². The summed E-state index contributed by atoms with van der Waals surface area (Å²) in [7, 11) is 3.98. The van der Waals surface area contributed by atoms with Gasteiger partial charge in [0.1, 0.15) is 0 Å². The summed E-state index contributed by atoms with van der Waals surface area (Å²) < 4.78 is 5.14. The van der Waals surface area contributed by atoms with E-state index in [0.717, 1.165) is 37.8 Å². The number of hydrogen-bond donors (Lipinski definition) is 1. The number of methoxy groups -OCH3 is 1. The van der Waals surface area contributed by atoms with Gasteiger partial charge in [0.2, 0.25) is 0 Å². The van der Waals surface area contributed by atoms with Crippen LogP contribution in [-0.2, 0) is 4.74 Å². The van der Waals surface area contributed by atoms with Gasteiger partial charge in [-0.25, -0.2) is 0 Å². The van der Waals surface area contributed by atoms with Crippen molar-refractivity contribution >= 4 is 0 Å². The highest BCUT2D eigenvalue weighted by atomic mass is 16.5. The number of rotatable bonds is 8. The maximum Gasteiger partial charge on any atom is 0.0589 e. The smallest absolute Gasteiger partial charge is 0.0589 e. The second kappa shape index (κ2) is 7.58. The van der Waals surface area contributed by atoms with Crippen LogP contribution in [0.2, 0.25) is 0 Å². The first kappa shape index (κ1) is 15.2. The minimum Gasteiger partial charge on any atom is -0.383 e. The molecule has 1 N–H and O–H groups in total. The standard InChI is InChI=1S/C15H31N3O/c1-4-16-13-11-14-5-6-15(12-13)18(14)8-7-17(2)9-10-19-3/h13-16H,4-12H2,1-3H3. The fourth-order valence-electron chi connectivity index (χ4n) is 3.74. The monoisotopic (exact) mass is 269 g/mol. The molecule has 19 heavy (non-hydrogen) atoms. The fourth-order valence-corrected chi connectivity index (χ4v) is 3.74. The van der Waals surface area contributed by atoms with Gasteiger partial charge in [0, 0.05) is 44.9 Å². The summed E-state index contributed by atoms with van der Waals surface area (Å²) in [5, 5.41) is 3.65. The van der Waals surface area contributed by atoms with Crippen LogP contribution in [0.5, 0.6) is 0 Å². The zero-order valence-electron chi connectivity index (χ0n) is 12.9. The third-order valence-corrected chi connectivity index (χ3v) is 4.79. The summed E-state index contributed by atoms with van der Waals surface area (Å²) in [4.78, 5) is 5.16. The lowest BCUT2D eigenvalue weighted by Crippen LogP contribution is -2.50. The van der Waals surface area contributed by atoms with Crippen molar-refractivity contribution in [3.63, 3.8) is 0 Å². The third kappa shape index (κ3) is 4.15. The highest BCUT2D eigenvalue weighted by Crippen LogP contribution is 2.35. The zero-order chi connectivity index (χ0) is 13.7. The zero-order valence-corrected chi connectivity index (χ0v) is 12.9. The van der Waals surface area contributed by atoms with E-state index in [9.17, 15) is 0 Å². The molecule has 0 aromatic heterocycles. The normalized spacial score (nSPS) is 31.3. The Hall–Kier alpha value is -0.160. The maximum absolute atomic E-state index is 5.14. The molecule has 4 nitrogen and oxygen atoms in total. The molecular formula is C15H31N3O. The van der Waals surface area contributed by atoms with E-state index < -0.39 is 0 Å². The van der Waals surface area contributed by atoms with Gasteiger partial charge >= 0.3 is 0 Å². The Balaban J connectivity index is 1.73. The van der Waals surface area contributed by atoms with Crippen molar-refractivity contribution in [2.75, 3.05) is 46.9 Å². The quantitative estimate of drug-likeness (QED) is 0.716. The van der Waals surface area contributed by atoms with Crippen LogP contribution in [0, 0.1) is 0 Å². The number of nitrogens with zero attached hydrogens (tertiary/aromatic N) is 2. The van der Waals surface area contributed by atoms with Crippen LogP contribution in [0.25, 0.3) is 0 Å². The Labute approximate surface area is 118 Å². The molecule has 0 aromatic carbocycles. The number of piperidine rings is 1. The molecule has 2 rings (SSSR count). The van der Waals surface area contributed by atoms with E-state index in [-0.39, 0.29) is 0 Å². The van der Waals surface area contributed by atoms with Crippen LogP contribution in [0.15, 0.2) is 0 Å². The molecule has 0 spiro atoms. The van der Waals surface area contributed by atoms with Gasteiger partial charge in [0.15, 0.2) is 0 Å². The lowest BCUT2D eigenvalue weighted by molar-refractivity contribution is 0.0974. The highest BCUT2D eigenvalue weighted by molar-refractivity contribution is 4.97. The second-order valence-electron chi connectivity index (χ2n) is 6.14. The molecule has 2 saturated heterocycles. The van der Waals surface area contributed by atoms with Crippen molar-refractivity contribution in [3.8, 4) is 0 Å². The second-order valence-corrected chi connectivity index (χ2v) is 6.14. The first-order valence-electron chi connectivity index (χ1n) is 7.91. The first-order chi connectivity index (χ1) is 9.24. The van der Waals surface area contributed by atoms with Gasteiger partial charge in [0.05, 0.1) is 6.61 Å². The van der Waals surface area contributed by atoms with E-state index in [1.165, 1.54) is 38.8 Å². The largest absolute Gasteiger partial charge is 0.383 e. The van der Waals surface area contributed by atoms with Crippen LogP contribution >= 0.6 is 0 Å². The van der Waals surface area contributed by atoms with E-state index in [4.69, 9.17) is 4.74 Å². The van der Waals surface area contributed by atoms with Gasteiger partial charge in [-0.3, -0.25) is 4.90 Å². The molecule has 0 radical (unpaired) electrons. The number of likely N-dealkylation sites (N-methyl/N-ethyl adjacent to an activating group) is 1. The summed E-state index contributed by atoms with van der Waals surface area (Å²) >= 11 is 0. The van der Waals surface area contributed by atoms with Crippen LogP contribution in [0.1, 0.15) is 32.6 Å². The lowest BCUT2D eigenvalue weighted by atomic mass is 9.97. The Kier molecular flexibility index (Phi) is 6.07. The van der Waals surface area contributed by atoms with Crippen LogP contribution < -0.4 is 5.32 Å². The Morgan fingerprint density at radius 3 is 2.47 bits per heavy atom. The predicted molar refractivity (Wildman–Crippen MR) is 79.6 cm³/mol. The van der Waals surface area contributed by atoms with E-state index in [0.29, 0.717) is 0 Å². The number of ether oxygens (including phenoxy) is 1. The van der Waals surface area contributed by atoms with Gasteiger partial charge in [0.25, 0.3) is 0 Å². The molecule has 2 fully saturated rings. The summed E-state index contributed by atoms with van der Waals surface area (Å²) in [6, 6.07) is 2.43. The van der Waals surface area contributed by atoms with Crippen LogP contribution in [0.4, 0.5) is 0 Å². The average Bonchev–Trinajstić information content (AvgIpc) is 2.64. The Morgan fingerprint density at radius 2 is 1.89 bits per heavy atom. The SMILES string of the molecule is CCNC1CC2CCC(C1)N2CCN(C)CCOC. The van der Waals surface area contributed by atoms with E-state index in [1.807, 2.05) is 0 Å². The predicted octanol–water partition coefficient (Wildman–Crippen LogP) is 1.17. The third-order valence-electron chi connectivity index (χ3n) is 4.79. The van der Waals surface area contributed by atoms with Crippen molar-refractivity contribution in [1.29, 1.82) is 0 Å². The molecule has 2 heterocycles. The fraction of sp³-hybridized carbons (Fsp3) is 1.00. The van der Waals surface area contributed by atoms with E-state index >= 15 is 0 Å². The van der Waals surface area contributed by atoms with E-state index in [2.05, 4.69) is 29.1 Å². The van der Waals surface area contributed by atoms with Crippen molar-refractivity contribution in [3.05, 3.63) is 0 Å². The molecule has 112 valence electrons. The minimum absolute atomic E-state index is 0.768. The van der Waals surface area contributed by atoms with Crippen molar-refractivity contribution in [2.45, 2.75) is 50.7 Å². The highest BCUT2D eigenvalue weighted by Gasteiger charge is 2.39. The molecule has 2 aliphatic heterocycles. The first-order valence-corrected chi connectivity index (χ1v) is 7.91. The molecule has 2 bridgehead atoms. The van der Waals surface area contributed by atoms with Gasteiger partial charge in [-0.15, -0.1) is 0 Å². The summed E-state index contributed by atoms with van der Waals surface area (Å²) in [6.07, 6.45) is 5.53. The van der Waals surface area contributed by atoms with Gasteiger partial charge in [-0.2, -0.15) is 0 Å². The topological polar surface area (TPSA) is 27.7 Å². The summed E-state index contributed by atoms with van der Waals surface area (Å²) in [5.41, 5.74) is 0. The van der Waals surface area contributed by atoms with Gasteiger partial charge in [-0.1, -0.05) is 6.92 Å². The molecule has 4 heteroatoms. The Bertz CT molecular complexity index is 248. The molecular weight excluding hydrogens is 238 g/mol. The van der Waals surface area contributed by atoms with Gasteiger partial charge in [-0.05, 0) is 39.3 Å². The van der Waals surface area contributed by atoms with Crippen LogP contribution in [0.3, 0.4) is 0 Å². The average molecular weight is 269 g/mol. The summed E-state index contributed by atoms with van der Waals surface area (Å²) in [6.45, 7) is 7.62. The number of hydrogen-bond acceptors (Lipinski definition) is 4. The number of fused-ring (bicyclic) bond motifs is 2. The lowest BCUT2D eigenvalue weighted by Gasteiger charge is -2.40. The van der Waals surface area contributed by atoms with Crippen molar-refractivity contribution < 1.29 is 4.74 Å². The minimum atomic E-state index is 0.768. The molecule has 2 atom stereocenters. The van der Waals surface area contributed by atoms with Crippen molar-refractivity contribution in [2.24, 2.45) is 0 Å².